The lowest BCUT2D eigenvalue weighted by Gasteiger charge is -1.98. The second kappa shape index (κ2) is 4.25. The average molecular weight is 115 g/mol. The van der Waals surface area contributed by atoms with E-state index in [2.05, 4.69) is 26.1 Å². The van der Waals surface area contributed by atoms with Gasteiger partial charge in [0, 0.05) is 5.75 Å². The van der Waals surface area contributed by atoms with Crippen LogP contribution in [-0.4, -0.2) is 0 Å². The first-order chi connectivity index (χ1) is 3.31. The van der Waals surface area contributed by atoms with Gasteiger partial charge in [-0.3, -0.25) is 0 Å². The predicted octanol–water partition coefficient (Wildman–Crippen LogP) is 2.29. The fourth-order valence-electron chi connectivity index (χ4n) is 0.324. The summed E-state index contributed by atoms with van der Waals surface area (Å²) in [6.07, 6.45) is 2.93. The zero-order chi connectivity index (χ0) is 5.70. The van der Waals surface area contributed by atoms with Gasteiger partial charge in [-0.05, 0) is 12.3 Å². The zero-order valence-electron chi connectivity index (χ0n) is 4.59. The molecular weight excluding hydrogens is 104 g/mol. The summed E-state index contributed by atoms with van der Waals surface area (Å²) >= 11 is 3.98. The van der Waals surface area contributed by atoms with E-state index in [1.807, 2.05) is 11.8 Å². The number of hydrogen-bond donors (Lipinski definition) is 1. The van der Waals surface area contributed by atoms with E-state index in [0.717, 1.165) is 6.42 Å². The van der Waals surface area contributed by atoms with Crippen LogP contribution in [0.25, 0.3) is 0 Å². The molecule has 0 amide bonds. The van der Waals surface area contributed by atoms with Crippen LogP contribution in [-0.2, 0) is 0 Å². The maximum Gasteiger partial charge on any atom is 0.0165 e. The summed E-state index contributed by atoms with van der Waals surface area (Å²) in [6, 6.07) is 0. The Labute approximate surface area is 51.0 Å². The highest BCUT2D eigenvalue weighted by molar-refractivity contribution is 7.82. The summed E-state index contributed by atoms with van der Waals surface area (Å²) in [5.41, 5.74) is 0. The molecule has 0 rings (SSSR count). The summed E-state index contributed by atoms with van der Waals surface area (Å²) in [7, 11) is 0. The van der Waals surface area contributed by atoms with Crippen LogP contribution in [0, 0.1) is 11.7 Å². The molecule has 1 heteroatoms. The smallest absolute Gasteiger partial charge is 0.0165 e. The third-order valence-electron chi connectivity index (χ3n) is 0.793. The predicted molar refractivity (Wildman–Crippen MR) is 37.3 cm³/mol. The van der Waals surface area contributed by atoms with Gasteiger partial charge in [0.2, 0.25) is 0 Å². The maximum atomic E-state index is 3.98. The van der Waals surface area contributed by atoms with Crippen LogP contribution >= 0.6 is 12.6 Å². The quantitative estimate of drug-likeness (QED) is 0.423. The molecule has 0 aromatic rings. The second-order valence-electron chi connectivity index (χ2n) is 1.65. The number of hydrogen-bond acceptors (Lipinski definition) is 1. The SMILES string of the molecule is C=CCC(C)[CH]S. The summed E-state index contributed by atoms with van der Waals surface area (Å²) in [4.78, 5) is 0. The minimum absolute atomic E-state index is 0.570. The van der Waals surface area contributed by atoms with Crippen LogP contribution in [0.4, 0.5) is 0 Å². The van der Waals surface area contributed by atoms with Crippen LogP contribution in [0.5, 0.6) is 0 Å². The molecule has 1 radical (unpaired) electrons. The molecule has 1 atom stereocenters. The molecule has 0 saturated heterocycles. The normalized spacial score (nSPS) is 13.4. The second-order valence-corrected chi connectivity index (χ2v) is 1.95. The van der Waals surface area contributed by atoms with Crippen molar-refractivity contribution in [2.75, 3.05) is 0 Å². The molecule has 41 valence electrons. The van der Waals surface area contributed by atoms with Gasteiger partial charge in [-0.1, -0.05) is 13.0 Å². The monoisotopic (exact) mass is 115 g/mol. The molecule has 1 unspecified atom stereocenters. The minimum atomic E-state index is 0.570. The van der Waals surface area contributed by atoms with E-state index in [4.69, 9.17) is 0 Å². The third-order valence-corrected chi connectivity index (χ3v) is 1.30. The average Bonchev–Trinajstić information content (AvgIpc) is 1.68. The highest BCUT2D eigenvalue weighted by Crippen LogP contribution is 2.07. The number of rotatable bonds is 3. The van der Waals surface area contributed by atoms with Crippen molar-refractivity contribution < 1.29 is 0 Å². The Hall–Kier alpha value is 0.0900. The number of thiol groups is 1. The first-order valence-electron chi connectivity index (χ1n) is 2.39. The van der Waals surface area contributed by atoms with Crippen LogP contribution in [0.1, 0.15) is 13.3 Å². The highest BCUT2D eigenvalue weighted by Gasteiger charge is 1.91. The van der Waals surface area contributed by atoms with Crippen molar-refractivity contribution >= 4 is 12.6 Å². The van der Waals surface area contributed by atoms with Crippen molar-refractivity contribution in [2.45, 2.75) is 13.3 Å². The summed E-state index contributed by atoms with van der Waals surface area (Å²) in [5, 5.41) is 0. The van der Waals surface area contributed by atoms with Gasteiger partial charge in [0.25, 0.3) is 0 Å². The molecule has 0 aliphatic heterocycles. The third kappa shape index (κ3) is 3.93. The van der Waals surface area contributed by atoms with Crippen LogP contribution in [0.15, 0.2) is 12.7 Å². The molecule has 0 bridgehead atoms. The molecule has 0 aliphatic rings. The Balaban J connectivity index is 2.98. The van der Waals surface area contributed by atoms with Crippen molar-refractivity contribution in [3.8, 4) is 0 Å². The van der Waals surface area contributed by atoms with Crippen LogP contribution in [0.3, 0.4) is 0 Å². The topological polar surface area (TPSA) is 0 Å². The van der Waals surface area contributed by atoms with Gasteiger partial charge in [-0.2, -0.15) is 12.6 Å². The molecule has 0 aliphatic carbocycles. The van der Waals surface area contributed by atoms with E-state index >= 15 is 0 Å². The molecule has 0 spiro atoms. The first-order valence-corrected chi connectivity index (χ1v) is 2.91. The molecule has 0 fully saturated rings. The summed E-state index contributed by atoms with van der Waals surface area (Å²) in [6.45, 7) is 5.70. The summed E-state index contributed by atoms with van der Waals surface area (Å²) < 4.78 is 0. The largest absolute Gasteiger partial charge is 0.174 e. The Morgan fingerprint density at radius 1 is 1.86 bits per heavy atom. The van der Waals surface area contributed by atoms with Gasteiger partial charge in [0.15, 0.2) is 0 Å². The van der Waals surface area contributed by atoms with Crippen LogP contribution < -0.4 is 0 Å². The van der Waals surface area contributed by atoms with E-state index in [0.29, 0.717) is 5.92 Å². The van der Waals surface area contributed by atoms with Gasteiger partial charge in [0.05, 0.1) is 0 Å². The Kier molecular flexibility index (Phi) is 4.31. The summed E-state index contributed by atoms with van der Waals surface area (Å²) in [5.74, 6) is 2.45. The fourth-order valence-corrected chi connectivity index (χ4v) is 0.445. The van der Waals surface area contributed by atoms with E-state index in [-0.39, 0.29) is 0 Å². The van der Waals surface area contributed by atoms with Gasteiger partial charge < -0.3 is 0 Å². The standard InChI is InChI=1S/C6H11S/c1-3-4-6(2)5-7/h3,5-7H,1,4H2,2H3. The number of allylic oxidation sites excluding steroid dienone is 1. The van der Waals surface area contributed by atoms with Crippen molar-refractivity contribution in [2.24, 2.45) is 5.92 Å². The van der Waals surface area contributed by atoms with Gasteiger partial charge >= 0.3 is 0 Å². The minimum Gasteiger partial charge on any atom is -0.174 e. The van der Waals surface area contributed by atoms with Crippen LogP contribution in [0.2, 0.25) is 0 Å². The Bertz CT molecular complexity index is 50.1. The zero-order valence-corrected chi connectivity index (χ0v) is 5.49. The van der Waals surface area contributed by atoms with Crippen molar-refractivity contribution in [3.63, 3.8) is 0 Å². The van der Waals surface area contributed by atoms with Gasteiger partial charge in [0.1, 0.15) is 0 Å². The van der Waals surface area contributed by atoms with Crippen molar-refractivity contribution in [1.82, 2.24) is 0 Å². The lowest BCUT2D eigenvalue weighted by molar-refractivity contribution is 0.729. The van der Waals surface area contributed by atoms with Crippen molar-refractivity contribution in [3.05, 3.63) is 18.4 Å². The first kappa shape index (κ1) is 7.09. The van der Waals surface area contributed by atoms with E-state index < -0.39 is 0 Å². The molecular formula is C6H11S. The van der Waals surface area contributed by atoms with E-state index in [9.17, 15) is 0 Å². The molecule has 0 saturated carbocycles. The Morgan fingerprint density at radius 2 is 2.43 bits per heavy atom. The molecule has 0 aromatic carbocycles. The molecule has 0 heterocycles. The lowest BCUT2D eigenvalue weighted by Crippen LogP contribution is -1.85. The Morgan fingerprint density at radius 3 is 2.57 bits per heavy atom. The molecule has 0 aromatic heterocycles. The lowest BCUT2D eigenvalue weighted by atomic mass is 10.1. The van der Waals surface area contributed by atoms with Gasteiger partial charge in [-0.15, -0.1) is 6.58 Å². The fraction of sp³-hybridized carbons (Fsp3) is 0.500. The molecule has 7 heavy (non-hydrogen) atoms. The molecule has 0 N–H and O–H groups in total. The maximum absolute atomic E-state index is 3.98. The van der Waals surface area contributed by atoms with E-state index in [1.54, 1.807) is 0 Å². The van der Waals surface area contributed by atoms with Crippen molar-refractivity contribution in [1.29, 1.82) is 0 Å². The molecule has 0 nitrogen and oxygen atoms in total. The van der Waals surface area contributed by atoms with E-state index in [1.165, 1.54) is 0 Å². The van der Waals surface area contributed by atoms with Gasteiger partial charge in [-0.25, -0.2) is 0 Å². The highest BCUT2D eigenvalue weighted by atomic mass is 32.1.